The highest BCUT2D eigenvalue weighted by molar-refractivity contribution is 6.32. The fourth-order valence-electron chi connectivity index (χ4n) is 5.48. The molecule has 0 radical (unpaired) electrons. The molecule has 0 spiro atoms. The smallest absolute Gasteiger partial charge is 0.141 e. The number of fused-ring (bicyclic) bond motifs is 1. The van der Waals surface area contributed by atoms with Gasteiger partial charge in [-0.15, -0.1) is 5.10 Å². The highest BCUT2D eigenvalue weighted by Gasteiger charge is 2.32. The second kappa shape index (κ2) is 11.1. The van der Waals surface area contributed by atoms with Crippen molar-refractivity contribution in [3.63, 3.8) is 0 Å². The lowest BCUT2D eigenvalue weighted by atomic mass is 10.0. The maximum Gasteiger partial charge on any atom is 0.141 e. The third-order valence-corrected chi connectivity index (χ3v) is 8.15. The van der Waals surface area contributed by atoms with Crippen molar-refractivity contribution >= 4 is 34.0 Å². The molecule has 3 heterocycles. The molecular formula is C31H29ClFN7O. The van der Waals surface area contributed by atoms with Gasteiger partial charge in [-0.2, -0.15) is 0 Å². The van der Waals surface area contributed by atoms with Gasteiger partial charge in [-0.25, -0.2) is 19.0 Å². The third-order valence-electron chi connectivity index (χ3n) is 7.86. The van der Waals surface area contributed by atoms with Gasteiger partial charge < -0.3 is 15.0 Å². The lowest BCUT2D eigenvalue weighted by Crippen LogP contribution is -2.36. The van der Waals surface area contributed by atoms with E-state index in [1.54, 1.807) is 24.3 Å². The van der Waals surface area contributed by atoms with Gasteiger partial charge in [0.05, 0.1) is 22.8 Å². The molecule has 7 rings (SSSR count). The van der Waals surface area contributed by atoms with Gasteiger partial charge in [0.15, 0.2) is 0 Å². The van der Waals surface area contributed by atoms with E-state index in [1.807, 2.05) is 28.9 Å². The number of hydrogen-bond donors (Lipinski definition) is 1. The van der Waals surface area contributed by atoms with Crippen LogP contribution in [0.15, 0.2) is 73.2 Å². The summed E-state index contributed by atoms with van der Waals surface area (Å²) >= 11 is 6.52. The Balaban J connectivity index is 1.07. The van der Waals surface area contributed by atoms with Gasteiger partial charge in [-0.1, -0.05) is 35.0 Å². The van der Waals surface area contributed by atoms with Crippen LogP contribution < -0.4 is 10.1 Å². The van der Waals surface area contributed by atoms with E-state index in [2.05, 4.69) is 36.7 Å². The van der Waals surface area contributed by atoms with Crippen LogP contribution >= 0.6 is 11.6 Å². The molecule has 5 aromatic rings. The number of likely N-dealkylation sites (tertiary alicyclic amines) is 1. The summed E-state index contributed by atoms with van der Waals surface area (Å²) in [5.41, 5.74) is 4.07. The Morgan fingerprint density at radius 3 is 2.63 bits per heavy atom. The van der Waals surface area contributed by atoms with Crippen molar-refractivity contribution < 1.29 is 9.13 Å². The van der Waals surface area contributed by atoms with Gasteiger partial charge >= 0.3 is 0 Å². The Labute approximate surface area is 242 Å². The van der Waals surface area contributed by atoms with E-state index in [9.17, 15) is 4.39 Å². The number of piperidine rings is 1. The SMILES string of the molecule is Fc1cccc(COc2ccc(Nc3ncnc4ccc(-c5cn(C6CCN(C7CC7)CC6)nn5)cc34)cc2Cl)c1. The molecule has 0 amide bonds. The van der Waals surface area contributed by atoms with E-state index < -0.39 is 0 Å². The molecule has 1 saturated carbocycles. The number of ether oxygens (including phenoxy) is 1. The Kier molecular flexibility index (Phi) is 6.98. The first-order valence-corrected chi connectivity index (χ1v) is 14.3. The molecule has 0 atom stereocenters. The van der Waals surface area contributed by atoms with E-state index in [0.29, 0.717) is 22.6 Å². The number of halogens is 2. The maximum absolute atomic E-state index is 13.5. The lowest BCUT2D eigenvalue weighted by Gasteiger charge is -2.31. The largest absolute Gasteiger partial charge is 0.487 e. The van der Waals surface area contributed by atoms with Gasteiger partial charge in [-0.3, -0.25) is 0 Å². The minimum atomic E-state index is -0.300. The molecule has 1 aliphatic heterocycles. The molecule has 3 aromatic carbocycles. The number of hydrogen-bond acceptors (Lipinski definition) is 7. The number of benzene rings is 3. The standard InChI is InChI=1S/C31H29ClFN7O/c32-27-16-23(5-9-30(27)41-18-20-2-1-3-22(33)14-20)36-31-26-15-21(4-8-28(26)34-19-35-31)29-17-40(38-37-29)25-10-12-39(13-11-25)24-6-7-24/h1-5,8-9,14-17,19,24-25H,6-7,10-13,18H2,(H,34,35,36). The zero-order valence-electron chi connectivity index (χ0n) is 22.4. The molecule has 208 valence electrons. The van der Waals surface area contributed by atoms with Crippen molar-refractivity contribution in [2.75, 3.05) is 18.4 Å². The fourth-order valence-corrected chi connectivity index (χ4v) is 5.71. The summed E-state index contributed by atoms with van der Waals surface area (Å²) in [5.74, 6) is 0.866. The second-order valence-electron chi connectivity index (χ2n) is 10.7. The third kappa shape index (κ3) is 5.73. The van der Waals surface area contributed by atoms with Gasteiger partial charge in [0.25, 0.3) is 0 Å². The zero-order chi connectivity index (χ0) is 27.8. The van der Waals surface area contributed by atoms with Crippen molar-refractivity contribution in [1.82, 2.24) is 29.9 Å². The average Bonchev–Trinajstić information content (AvgIpc) is 3.73. The second-order valence-corrected chi connectivity index (χ2v) is 11.1. The summed E-state index contributed by atoms with van der Waals surface area (Å²) in [7, 11) is 0. The Morgan fingerprint density at radius 1 is 0.951 bits per heavy atom. The Morgan fingerprint density at radius 2 is 1.83 bits per heavy atom. The quantitative estimate of drug-likeness (QED) is 0.220. The number of aromatic nitrogens is 5. The van der Waals surface area contributed by atoms with Crippen molar-refractivity contribution in [3.05, 3.63) is 89.6 Å². The molecular weight excluding hydrogens is 541 g/mol. The molecule has 2 aromatic heterocycles. The van der Waals surface area contributed by atoms with Gasteiger partial charge in [0.1, 0.15) is 36.0 Å². The highest BCUT2D eigenvalue weighted by Crippen LogP contribution is 2.34. The van der Waals surface area contributed by atoms with E-state index in [0.717, 1.165) is 65.4 Å². The van der Waals surface area contributed by atoms with Crippen LogP contribution in [0.3, 0.4) is 0 Å². The molecule has 1 aliphatic carbocycles. The fraction of sp³-hybridized carbons (Fsp3) is 0.290. The first-order chi connectivity index (χ1) is 20.1. The summed E-state index contributed by atoms with van der Waals surface area (Å²) < 4.78 is 21.3. The molecule has 0 unspecified atom stereocenters. The van der Waals surface area contributed by atoms with E-state index >= 15 is 0 Å². The van der Waals surface area contributed by atoms with Gasteiger partial charge in [0.2, 0.25) is 0 Å². The van der Waals surface area contributed by atoms with Crippen LogP contribution in [0, 0.1) is 5.82 Å². The maximum atomic E-state index is 13.5. The Bertz CT molecular complexity index is 1700. The molecule has 1 saturated heterocycles. The van der Waals surface area contributed by atoms with Crippen LogP contribution in [0.4, 0.5) is 15.9 Å². The number of rotatable bonds is 8. The van der Waals surface area contributed by atoms with Crippen molar-refractivity contribution in [1.29, 1.82) is 0 Å². The minimum absolute atomic E-state index is 0.216. The predicted octanol–water partition coefficient (Wildman–Crippen LogP) is 6.80. The summed E-state index contributed by atoms with van der Waals surface area (Å²) in [5, 5.41) is 13.6. The van der Waals surface area contributed by atoms with Crippen LogP contribution in [0.25, 0.3) is 22.2 Å². The highest BCUT2D eigenvalue weighted by atomic mass is 35.5. The first kappa shape index (κ1) is 25.9. The molecule has 10 heteroatoms. The van der Waals surface area contributed by atoms with E-state index in [-0.39, 0.29) is 12.4 Å². The molecule has 0 bridgehead atoms. The van der Waals surface area contributed by atoms with Crippen LogP contribution in [0.1, 0.15) is 37.3 Å². The Hall–Kier alpha value is -4.08. The summed E-state index contributed by atoms with van der Waals surface area (Å²) in [6, 6.07) is 19.0. The van der Waals surface area contributed by atoms with Gasteiger partial charge in [0, 0.05) is 35.8 Å². The molecule has 41 heavy (non-hydrogen) atoms. The van der Waals surface area contributed by atoms with Crippen molar-refractivity contribution in [3.8, 4) is 17.0 Å². The number of nitrogens with zero attached hydrogens (tertiary/aromatic N) is 6. The summed E-state index contributed by atoms with van der Waals surface area (Å²) in [6.07, 6.45) is 8.51. The minimum Gasteiger partial charge on any atom is -0.487 e. The van der Waals surface area contributed by atoms with Crippen LogP contribution in [0.2, 0.25) is 5.02 Å². The summed E-state index contributed by atoms with van der Waals surface area (Å²) in [6.45, 7) is 2.49. The molecule has 1 N–H and O–H groups in total. The van der Waals surface area contributed by atoms with E-state index in [1.165, 1.54) is 31.3 Å². The van der Waals surface area contributed by atoms with Crippen molar-refractivity contribution in [2.24, 2.45) is 0 Å². The van der Waals surface area contributed by atoms with Crippen LogP contribution in [-0.4, -0.2) is 49.0 Å². The van der Waals surface area contributed by atoms with Gasteiger partial charge in [-0.05, 0) is 73.7 Å². The summed E-state index contributed by atoms with van der Waals surface area (Å²) in [4.78, 5) is 11.6. The number of nitrogens with one attached hydrogen (secondary N) is 1. The monoisotopic (exact) mass is 569 g/mol. The van der Waals surface area contributed by atoms with Crippen molar-refractivity contribution in [2.45, 2.75) is 44.4 Å². The molecule has 2 aliphatic rings. The average molecular weight is 570 g/mol. The lowest BCUT2D eigenvalue weighted by molar-refractivity contribution is 0.171. The first-order valence-electron chi connectivity index (χ1n) is 13.9. The van der Waals surface area contributed by atoms with Crippen LogP contribution in [0.5, 0.6) is 5.75 Å². The zero-order valence-corrected chi connectivity index (χ0v) is 23.1. The predicted molar refractivity (Wildman–Crippen MR) is 157 cm³/mol. The normalized spacial score (nSPS) is 16.2. The molecule has 2 fully saturated rings. The topological polar surface area (TPSA) is 81.0 Å². The van der Waals surface area contributed by atoms with Crippen LogP contribution in [-0.2, 0) is 6.61 Å². The number of anilines is 2. The molecule has 8 nitrogen and oxygen atoms in total. The van der Waals surface area contributed by atoms with E-state index in [4.69, 9.17) is 16.3 Å².